The third-order valence-electron chi connectivity index (χ3n) is 2.04. The molecule has 1 aromatic rings. The Kier molecular flexibility index (Phi) is 3.63. The first-order valence-electron chi connectivity index (χ1n) is 4.39. The lowest BCUT2D eigenvalue weighted by atomic mass is 10.1. The normalized spacial score (nSPS) is 13.4. The molecule has 1 unspecified atom stereocenters. The van der Waals surface area contributed by atoms with Gasteiger partial charge in [0.25, 0.3) is 5.91 Å². The number of nitrogens with one attached hydrogen (secondary N) is 1. The van der Waals surface area contributed by atoms with E-state index in [1.54, 1.807) is 0 Å². The van der Waals surface area contributed by atoms with Crippen LogP contribution in [0, 0.1) is 0 Å². The van der Waals surface area contributed by atoms with Crippen molar-refractivity contribution < 1.29 is 18.3 Å². The smallest absolute Gasteiger partial charge is 0.250 e. The van der Waals surface area contributed by atoms with Crippen LogP contribution in [-0.4, -0.2) is 26.5 Å². The molecule has 0 saturated carbocycles. The largest absolute Gasteiger partial charge is 0.378 e. The minimum atomic E-state index is -3.51. The summed E-state index contributed by atoms with van der Waals surface area (Å²) in [5.74, 6) is -0.885. The van der Waals surface area contributed by atoms with E-state index in [4.69, 9.17) is 5.73 Å². The zero-order valence-corrected chi connectivity index (χ0v) is 9.36. The van der Waals surface area contributed by atoms with Crippen molar-refractivity contribution in [1.29, 1.82) is 0 Å². The van der Waals surface area contributed by atoms with E-state index in [1.807, 2.05) is 0 Å². The van der Waals surface area contributed by atoms with Crippen LogP contribution < -0.4 is 10.5 Å². The van der Waals surface area contributed by atoms with Crippen molar-refractivity contribution in [1.82, 2.24) is 4.72 Å². The molecule has 1 atom stereocenters. The molecule has 0 radical (unpaired) electrons. The topological polar surface area (TPSA) is 109 Å². The molecule has 4 N–H and O–H groups in total. The van der Waals surface area contributed by atoms with Gasteiger partial charge in [-0.15, -0.1) is 0 Å². The van der Waals surface area contributed by atoms with Gasteiger partial charge in [-0.3, -0.25) is 4.79 Å². The predicted molar refractivity (Wildman–Crippen MR) is 56.8 cm³/mol. The number of carbonyl (C=O) groups is 1. The first-order valence-corrected chi connectivity index (χ1v) is 5.87. The summed E-state index contributed by atoms with van der Waals surface area (Å²) in [6, 6.07) is 5.24. The number of amides is 1. The van der Waals surface area contributed by atoms with E-state index < -0.39 is 22.0 Å². The lowest BCUT2D eigenvalue weighted by Crippen LogP contribution is -2.21. The molecule has 0 saturated heterocycles. The highest BCUT2D eigenvalue weighted by Gasteiger charge is 2.15. The molecule has 88 valence electrons. The summed E-state index contributed by atoms with van der Waals surface area (Å²) in [4.78, 5) is 10.7. The molecule has 0 aliphatic rings. The van der Waals surface area contributed by atoms with E-state index in [0.717, 1.165) is 0 Å². The first kappa shape index (κ1) is 12.6. The lowest BCUT2D eigenvalue weighted by Gasteiger charge is -2.07. The van der Waals surface area contributed by atoms with Crippen molar-refractivity contribution in [2.75, 3.05) is 7.05 Å². The second-order valence-corrected chi connectivity index (χ2v) is 4.97. The van der Waals surface area contributed by atoms with Crippen LogP contribution in [-0.2, 0) is 14.8 Å². The second-order valence-electron chi connectivity index (χ2n) is 3.08. The minimum absolute atomic E-state index is 0.0513. The Morgan fingerprint density at radius 1 is 1.38 bits per heavy atom. The lowest BCUT2D eigenvalue weighted by molar-refractivity contribution is -0.126. The number of rotatable bonds is 4. The third kappa shape index (κ3) is 2.57. The van der Waals surface area contributed by atoms with E-state index in [-0.39, 0.29) is 10.5 Å². The Labute approximate surface area is 93.1 Å². The minimum Gasteiger partial charge on any atom is -0.378 e. The Morgan fingerprint density at radius 2 is 1.88 bits per heavy atom. The molecule has 7 heteroatoms. The molecule has 0 aromatic heterocycles. The van der Waals surface area contributed by atoms with Crippen molar-refractivity contribution in [3.05, 3.63) is 29.8 Å². The summed E-state index contributed by atoms with van der Waals surface area (Å²) >= 11 is 0. The number of aliphatic hydroxyl groups excluding tert-OH is 1. The van der Waals surface area contributed by atoms with Gasteiger partial charge in [-0.25, -0.2) is 13.1 Å². The van der Waals surface area contributed by atoms with E-state index in [2.05, 4.69) is 4.72 Å². The van der Waals surface area contributed by atoms with Crippen molar-refractivity contribution in [2.45, 2.75) is 11.0 Å². The van der Waals surface area contributed by atoms with Crippen LogP contribution in [0.1, 0.15) is 11.7 Å². The maximum Gasteiger partial charge on any atom is 0.250 e. The third-order valence-corrected chi connectivity index (χ3v) is 3.47. The number of aliphatic hydroxyl groups is 1. The fourth-order valence-electron chi connectivity index (χ4n) is 1.11. The molecule has 1 aromatic carbocycles. The summed E-state index contributed by atoms with van der Waals surface area (Å²) in [5.41, 5.74) is 5.15. The van der Waals surface area contributed by atoms with Gasteiger partial charge in [-0.1, -0.05) is 12.1 Å². The van der Waals surface area contributed by atoms with Gasteiger partial charge in [-0.05, 0) is 24.7 Å². The Bertz CT molecular complexity index is 481. The molecule has 0 aliphatic carbocycles. The van der Waals surface area contributed by atoms with Crippen LogP contribution in [0.5, 0.6) is 0 Å². The summed E-state index contributed by atoms with van der Waals surface area (Å²) < 4.78 is 24.8. The van der Waals surface area contributed by atoms with Crippen LogP contribution in [0.15, 0.2) is 29.2 Å². The quantitative estimate of drug-likeness (QED) is 0.638. The molecule has 16 heavy (non-hydrogen) atoms. The van der Waals surface area contributed by atoms with Crippen LogP contribution in [0.3, 0.4) is 0 Å². The van der Waals surface area contributed by atoms with E-state index >= 15 is 0 Å². The average molecular weight is 244 g/mol. The number of hydrogen-bond acceptors (Lipinski definition) is 4. The van der Waals surface area contributed by atoms with Gasteiger partial charge in [0.2, 0.25) is 10.0 Å². The number of carbonyl (C=O) groups excluding carboxylic acids is 1. The second kappa shape index (κ2) is 4.60. The molecule has 0 heterocycles. The highest BCUT2D eigenvalue weighted by Crippen LogP contribution is 2.15. The van der Waals surface area contributed by atoms with Gasteiger partial charge < -0.3 is 10.8 Å². The summed E-state index contributed by atoms with van der Waals surface area (Å²) in [5, 5.41) is 9.31. The van der Waals surface area contributed by atoms with Crippen LogP contribution in [0.2, 0.25) is 0 Å². The molecule has 6 nitrogen and oxygen atoms in total. The zero-order valence-electron chi connectivity index (χ0n) is 8.54. The molecule has 1 rings (SSSR count). The Balaban J connectivity index is 3.05. The molecule has 0 fully saturated rings. The fraction of sp³-hybridized carbons (Fsp3) is 0.222. The summed E-state index contributed by atoms with van der Waals surface area (Å²) in [6.07, 6.45) is -1.42. The first-order chi connectivity index (χ1) is 7.38. The Morgan fingerprint density at radius 3 is 2.25 bits per heavy atom. The maximum atomic E-state index is 11.4. The summed E-state index contributed by atoms with van der Waals surface area (Å²) in [6.45, 7) is 0. The van der Waals surface area contributed by atoms with Gasteiger partial charge in [-0.2, -0.15) is 0 Å². The average Bonchev–Trinajstić information content (AvgIpc) is 2.28. The van der Waals surface area contributed by atoms with Gasteiger partial charge in [0.15, 0.2) is 6.10 Å². The highest BCUT2D eigenvalue weighted by atomic mass is 32.2. The van der Waals surface area contributed by atoms with Crippen LogP contribution >= 0.6 is 0 Å². The van der Waals surface area contributed by atoms with Crippen molar-refractivity contribution in [3.63, 3.8) is 0 Å². The molecule has 0 aliphatic heterocycles. The van der Waals surface area contributed by atoms with Crippen molar-refractivity contribution in [3.8, 4) is 0 Å². The molecular formula is C9H12N2O4S. The van der Waals surface area contributed by atoms with Crippen molar-refractivity contribution in [2.24, 2.45) is 5.73 Å². The van der Waals surface area contributed by atoms with Gasteiger partial charge in [0, 0.05) is 0 Å². The van der Waals surface area contributed by atoms with Crippen molar-refractivity contribution >= 4 is 15.9 Å². The van der Waals surface area contributed by atoms with Crippen LogP contribution in [0.25, 0.3) is 0 Å². The number of benzene rings is 1. The monoisotopic (exact) mass is 244 g/mol. The fourth-order valence-corrected chi connectivity index (χ4v) is 1.84. The van der Waals surface area contributed by atoms with Crippen LogP contribution in [0.4, 0.5) is 0 Å². The summed E-state index contributed by atoms with van der Waals surface area (Å²) in [7, 11) is -2.22. The molecular weight excluding hydrogens is 232 g/mol. The van der Waals surface area contributed by atoms with Gasteiger partial charge >= 0.3 is 0 Å². The molecule has 1 amide bonds. The maximum absolute atomic E-state index is 11.4. The predicted octanol–water partition coefficient (Wildman–Crippen LogP) is -0.887. The number of primary amides is 1. The standard InChI is InChI=1S/C9H12N2O4S/c1-11-16(14,15)7-4-2-6(3-5-7)8(12)9(10)13/h2-5,8,11-12H,1H3,(H2,10,13). The number of hydrogen-bond donors (Lipinski definition) is 3. The number of nitrogens with two attached hydrogens (primary N) is 1. The zero-order chi connectivity index (χ0) is 12.3. The molecule has 0 bridgehead atoms. The SMILES string of the molecule is CNS(=O)(=O)c1ccc(C(O)C(N)=O)cc1. The van der Waals surface area contributed by atoms with Gasteiger partial charge in [0.05, 0.1) is 4.90 Å². The Hall–Kier alpha value is -1.44. The van der Waals surface area contributed by atoms with Gasteiger partial charge in [0.1, 0.15) is 0 Å². The van der Waals surface area contributed by atoms with E-state index in [1.165, 1.54) is 31.3 Å². The van der Waals surface area contributed by atoms with E-state index in [9.17, 15) is 18.3 Å². The molecule has 0 spiro atoms. The highest BCUT2D eigenvalue weighted by molar-refractivity contribution is 7.89. The number of sulfonamides is 1. The van der Waals surface area contributed by atoms with E-state index in [0.29, 0.717) is 0 Å².